The van der Waals surface area contributed by atoms with Gasteiger partial charge in [-0.2, -0.15) is 0 Å². The second-order valence-electron chi connectivity index (χ2n) is 8.70. The van der Waals surface area contributed by atoms with E-state index in [2.05, 4.69) is 10.3 Å². The van der Waals surface area contributed by atoms with Crippen LogP contribution in [0.15, 0.2) is 85.1 Å². The standard InChI is InChI=1S/C30H27N3O4/c1-36-24-12-9-20(10-13-24)29-25(7-5-8-27(29)37-2)30(35)32-23-11-14-26-21(18-23)15-17-33(26)28(34)19-22-6-3-4-16-31-22/h3-14,16,18H,15,17,19H2,1-2H3,(H,32,35). The van der Waals surface area contributed by atoms with Crippen molar-refractivity contribution in [2.24, 2.45) is 0 Å². The number of anilines is 2. The summed E-state index contributed by atoms with van der Waals surface area (Å²) in [7, 11) is 3.20. The predicted octanol–water partition coefficient (Wildman–Crippen LogP) is 5.15. The molecular weight excluding hydrogens is 466 g/mol. The molecule has 0 spiro atoms. The molecule has 1 aromatic heterocycles. The van der Waals surface area contributed by atoms with Crippen LogP contribution in [0.1, 0.15) is 21.6 Å². The zero-order valence-electron chi connectivity index (χ0n) is 20.7. The van der Waals surface area contributed by atoms with Crippen LogP contribution in [0, 0.1) is 0 Å². The third-order valence-electron chi connectivity index (χ3n) is 6.46. The Bertz CT molecular complexity index is 1440. The minimum absolute atomic E-state index is 0.00903. The van der Waals surface area contributed by atoms with E-state index in [0.717, 1.165) is 34.7 Å². The zero-order valence-corrected chi connectivity index (χ0v) is 20.7. The van der Waals surface area contributed by atoms with Gasteiger partial charge in [0.05, 0.1) is 26.2 Å². The van der Waals surface area contributed by atoms with Gasteiger partial charge in [-0.3, -0.25) is 14.6 Å². The molecule has 0 bridgehead atoms. The summed E-state index contributed by atoms with van der Waals surface area (Å²) >= 11 is 0. The third-order valence-corrected chi connectivity index (χ3v) is 6.46. The quantitative estimate of drug-likeness (QED) is 0.385. The minimum Gasteiger partial charge on any atom is -0.497 e. The molecule has 0 atom stereocenters. The molecule has 2 heterocycles. The average Bonchev–Trinajstić information content (AvgIpc) is 3.36. The lowest BCUT2D eigenvalue weighted by Gasteiger charge is -2.18. The zero-order chi connectivity index (χ0) is 25.8. The summed E-state index contributed by atoms with van der Waals surface area (Å²) in [6.45, 7) is 0.607. The van der Waals surface area contributed by atoms with E-state index in [-0.39, 0.29) is 18.2 Å². The second kappa shape index (κ2) is 10.5. The first-order valence-corrected chi connectivity index (χ1v) is 12.0. The van der Waals surface area contributed by atoms with Crippen LogP contribution in [-0.4, -0.2) is 37.6 Å². The molecule has 37 heavy (non-hydrogen) atoms. The second-order valence-corrected chi connectivity index (χ2v) is 8.70. The van der Waals surface area contributed by atoms with Crippen molar-refractivity contribution in [3.63, 3.8) is 0 Å². The van der Waals surface area contributed by atoms with Crippen molar-refractivity contribution in [3.05, 3.63) is 102 Å². The van der Waals surface area contributed by atoms with Crippen LogP contribution < -0.4 is 19.7 Å². The number of methoxy groups -OCH3 is 2. The van der Waals surface area contributed by atoms with Crippen molar-refractivity contribution in [2.45, 2.75) is 12.8 Å². The number of nitrogens with zero attached hydrogens (tertiary/aromatic N) is 2. The monoisotopic (exact) mass is 493 g/mol. The lowest BCUT2D eigenvalue weighted by atomic mass is 9.97. The van der Waals surface area contributed by atoms with Gasteiger partial charge in [0.15, 0.2) is 0 Å². The number of fused-ring (bicyclic) bond motifs is 1. The number of carbonyl (C=O) groups is 2. The Morgan fingerprint density at radius 1 is 0.946 bits per heavy atom. The van der Waals surface area contributed by atoms with Crippen molar-refractivity contribution >= 4 is 23.2 Å². The summed E-state index contributed by atoms with van der Waals surface area (Å²) in [6.07, 6.45) is 2.67. The molecule has 0 fully saturated rings. The number of pyridine rings is 1. The van der Waals surface area contributed by atoms with Crippen LogP contribution in [0.3, 0.4) is 0 Å². The van der Waals surface area contributed by atoms with Crippen molar-refractivity contribution < 1.29 is 19.1 Å². The molecule has 0 radical (unpaired) electrons. The van der Waals surface area contributed by atoms with Gasteiger partial charge in [-0.25, -0.2) is 0 Å². The smallest absolute Gasteiger partial charge is 0.256 e. The van der Waals surface area contributed by atoms with E-state index in [0.29, 0.717) is 29.1 Å². The third kappa shape index (κ3) is 5.02. The Kier molecular flexibility index (Phi) is 6.85. The SMILES string of the molecule is COc1ccc(-c2c(OC)cccc2C(=O)Nc2ccc3c(c2)CCN3C(=O)Cc2ccccn2)cc1. The van der Waals surface area contributed by atoms with Crippen LogP contribution in [0.4, 0.5) is 11.4 Å². The van der Waals surface area contributed by atoms with Gasteiger partial charge in [0.25, 0.3) is 5.91 Å². The molecule has 1 aliphatic rings. The molecule has 1 aliphatic heterocycles. The first-order chi connectivity index (χ1) is 18.1. The van der Waals surface area contributed by atoms with E-state index in [1.165, 1.54) is 0 Å². The predicted molar refractivity (Wildman–Crippen MR) is 143 cm³/mol. The molecule has 0 saturated carbocycles. The summed E-state index contributed by atoms with van der Waals surface area (Å²) in [6, 6.07) is 24.2. The van der Waals surface area contributed by atoms with E-state index in [9.17, 15) is 9.59 Å². The highest BCUT2D eigenvalue weighted by Gasteiger charge is 2.25. The molecule has 7 nitrogen and oxygen atoms in total. The molecule has 0 aliphatic carbocycles. The summed E-state index contributed by atoms with van der Waals surface area (Å²) in [5.74, 6) is 1.10. The highest BCUT2D eigenvalue weighted by atomic mass is 16.5. The van der Waals surface area contributed by atoms with Gasteiger partial charge >= 0.3 is 0 Å². The molecule has 186 valence electrons. The number of amides is 2. The molecule has 5 rings (SSSR count). The molecule has 4 aromatic rings. The normalized spacial score (nSPS) is 12.1. The number of ether oxygens (including phenoxy) is 2. The Labute approximate surface area is 215 Å². The Balaban J connectivity index is 1.37. The highest BCUT2D eigenvalue weighted by molar-refractivity contribution is 6.10. The van der Waals surface area contributed by atoms with Gasteiger partial charge in [0.1, 0.15) is 11.5 Å². The van der Waals surface area contributed by atoms with Gasteiger partial charge in [-0.15, -0.1) is 0 Å². The molecule has 0 saturated heterocycles. The Hall–Kier alpha value is -4.65. The van der Waals surface area contributed by atoms with Gasteiger partial charge in [-0.05, 0) is 72.1 Å². The molecule has 0 unspecified atom stereocenters. The van der Waals surface area contributed by atoms with Crippen molar-refractivity contribution in [3.8, 4) is 22.6 Å². The summed E-state index contributed by atoms with van der Waals surface area (Å²) < 4.78 is 10.9. The first-order valence-electron chi connectivity index (χ1n) is 12.0. The number of hydrogen-bond donors (Lipinski definition) is 1. The summed E-state index contributed by atoms with van der Waals surface area (Å²) in [5, 5.41) is 3.02. The van der Waals surface area contributed by atoms with Gasteiger partial charge in [0.2, 0.25) is 5.91 Å². The number of carbonyl (C=O) groups excluding carboxylic acids is 2. The fourth-order valence-corrected chi connectivity index (χ4v) is 4.64. The van der Waals surface area contributed by atoms with Gasteiger partial charge in [-0.1, -0.05) is 24.3 Å². The van der Waals surface area contributed by atoms with Crippen molar-refractivity contribution in [2.75, 3.05) is 31.0 Å². The number of rotatable bonds is 7. The Morgan fingerprint density at radius 2 is 1.78 bits per heavy atom. The van der Waals surface area contributed by atoms with E-state index in [1.807, 2.05) is 66.7 Å². The maximum atomic E-state index is 13.4. The van der Waals surface area contributed by atoms with E-state index in [1.54, 1.807) is 37.4 Å². The van der Waals surface area contributed by atoms with Crippen LogP contribution in [0.5, 0.6) is 11.5 Å². The largest absolute Gasteiger partial charge is 0.497 e. The summed E-state index contributed by atoms with van der Waals surface area (Å²) in [4.78, 5) is 32.4. The minimum atomic E-state index is -0.245. The maximum absolute atomic E-state index is 13.4. The molecule has 1 N–H and O–H groups in total. The van der Waals surface area contributed by atoms with E-state index < -0.39 is 0 Å². The van der Waals surface area contributed by atoms with Gasteiger partial charge < -0.3 is 19.7 Å². The fraction of sp³-hybridized carbons (Fsp3) is 0.167. The topological polar surface area (TPSA) is 80.8 Å². The molecular formula is C30H27N3O4. The van der Waals surface area contributed by atoms with E-state index in [4.69, 9.17) is 9.47 Å². The highest BCUT2D eigenvalue weighted by Crippen LogP contribution is 2.35. The number of benzene rings is 3. The van der Waals surface area contributed by atoms with Crippen LogP contribution >= 0.6 is 0 Å². The fourth-order valence-electron chi connectivity index (χ4n) is 4.64. The number of aromatic nitrogens is 1. The molecule has 3 aromatic carbocycles. The van der Waals surface area contributed by atoms with Crippen LogP contribution in [0.25, 0.3) is 11.1 Å². The number of nitrogens with one attached hydrogen (secondary N) is 1. The van der Waals surface area contributed by atoms with Crippen LogP contribution in [0.2, 0.25) is 0 Å². The van der Waals surface area contributed by atoms with E-state index >= 15 is 0 Å². The number of hydrogen-bond acceptors (Lipinski definition) is 5. The average molecular weight is 494 g/mol. The molecule has 2 amide bonds. The lowest BCUT2D eigenvalue weighted by Crippen LogP contribution is -2.30. The summed E-state index contributed by atoms with van der Waals surface area (Å²) in [5.41, 5.74) is 5.36. The van der Waals surface area contributed by atoms with Crippen LogP contribution in [-0.2, 0) is 17.6 Å². The van der Waals surface area contributed by atoms with Gasteiger partial charge in [0, 0.05) is 35.4 Å². The Morgan fingerprint density at radius 3 is 2.51 bits per heavy atom. The van der Waals surface area contributed by atoms with Crippen molar-refractivity contribution in [1.82, 2.24) is 4.98 Å². The molecule has 7 heteroatoms. The first kappa shape index (κ1) is 24.1. The lowest BCUT2D eigenvalue weighted by molar-refractivity contribution is -0.117. The maximum Gasteiger partial charge on any atom is 0.256 e. The van der Waals surface area contributed by atoms with Crippen molar-refractivity contribution in [1.29, 1.82) is 0 Å².